The molecule has 6 nitrogen and oxygen atoms in total. The molecule has 0 saturated heterocycles. The molecule has 0 N–H and O–H groups in total. The maximum Gasteiger partial charge on any atom is 0.306 e. The lowest BCUT2D eigenvalue weighted by Gasteiger charge is -2.18. The summed E-state index contributed by atoms with van der Waals surface area (Å²) in [5, 5.41) is 0. The largest absolute Gasteiger partial charge is 0.462 e. The minimum atomic E-state index is -0.789. The summed E-state index contributed by atoms with van der Waals surface area (Å²) in [4.78, 5) is 38.1. The van der Waals surface area contributed by atoms with Crippen LogP contribution in [0.15, 0.2) is 85.1 Å². The zero-order valence-electron chi connectivity index (χ0n) is 45.3. The number of unbranched alkanes of at least 4 members (excludes halogenated alkanes) is 27. The standard InChI is InChI=1S/C63H108O6/c1-4-7-10-13-16-19-22-24-26-28-29-30-31-32-33-35-36-38-41-44-47-50-53-56-62(65)68-59-60(58-67-61(64)55-52-49-46-43-40-21-18-15-12-9-6-3)69-63(66)57-54-51-48-45-42-39-37-34-27-25-23-20-17-14-11-8-5-2/h8,11,15,17-18,20,22,24-25,27-29,31-32,60H,4-7,9-10,12-14,16,19,21,23,26,30,33-59H2,1-3H3/b11-8-,18-15-,20-17-,24-22-,27-25-,29-28-,32-31-. The van der Waals surface area contributed by atoms with Gasteiger partial charge in [-0.1, -0.05) is 234 Å². The quantitative estimate of drug-likeness (QED) is 0.0262. The van der Waals surface area contributed by atoms with E-state index in [1.54, 1.807) is 0 Å². The van der Waals surface area contributed by atoms with Crippen LogP contribution in [0.4, 0.5) is 0 Å². The Kier molecular flexibility index (Phi) is 54.3. The van der Waals surface area contributed by atoms with E-state index in [1.807, 2.05) is 0 Å². The van der Waals surface area contributed by atoms with Gasteiger partial charge in [-0.15, -0.1) is 0 Å². The first kappa shape index (κ1) is 65.6. The van der Waals surface area contributed by atoms with Crippen LogP contribution in [0.3, 0.4) is 0 Å². The average molecular weight is 962 g/mol. The van der Waals surface area contributed by atoms with Gasteiger partial charge in [0.25, 0.3) is 0 Å². The Labute approximate surface area is 426 Å². The lowest BCUT2D eigenvalue weighted by Crippen LogP contribution is -2.30. The molecule has 0 bridgehead atoms. The molecule has 0 fully saturated rings. The second-order valence-corrected chi connectivity index (χ2v) is 19.2. The fourth-order valence-corrected chi connectivity index (χ4v) is 7.97. The molecule has 0 spiro atoms. The number of rotatable bonds is 52. The van der Waals surface area contributed by atoms with Crippen LogP contribution >= 0.6 is 0 Å². The predicted octanol–water partition coefficient (Wildman–Crippen LogP) is 19.5. The van der Waals surface area contributed by atoms with Crippen LogP contribution in [0.25, 0.3) is 0 Å². The van der Waals surface area contributed by atoms with Crippen molar-refractivity contribution < 1.29 is 28.6 Å². The minimum Gasteiger partial charge on any atom is -0.462 e. The van der Waals surface area contributed by atoms with Crippen molar-refractivity contribution in [1.29, 1.82) is 0 Å². The highest BCUT2D eigenvalue weighted by Crippen LogP contribution is 2.15. The molecule has 0 aromatic rings. The van der Waals surface area contributed by atoms with Gasteiger partial charge in [0.05, 0.1) is 0 Å². The predicted molar refractivity (Wildman–Crippen MR) is 297 cm³/mol. The normalized spacial score (nSPS) is 12.7. The lowest BCUT2D eigenvalue weighted by atomic mass is 10.1. The van der Waals surface area contributed by atoms with Crippen LogP contribution in [0.5, 0.6) is 0 Å². The van der Waals surface area contributed by atoms with Crippen molar-refractivity contribution >= 4 is 17.9 Å². The van der Waals surface area contributed by atoms with E-state index < -0.39 is 6.10 Å². The highest BCUT2D eigenvalue weighted by atomic mass is 16.6. The topological polar surface area (TPSA) is 78.9 Å². The molecular weight excluding hydrogens is 853 g/mol. The Balaban J connectivity index is 4.34. The Morgan fingerprint density at radius 2 is 0.580 bits per heavy atom. The molecule has 396 valence electrons. The molecule has 0 rings (SSSR count). The van der Waals surface area contributed by atoms with Gasteiger partial charge in [-0.25, -0.2) is 0 Å². The Hall–Kier alpha value is -3.41. The van der Waals surface area contributed by atoms with Crippen molar-refractivity contribution in [2.75, 3.05) is 13.2 Å². The van der Waals surface area contributed by atoms with Gasteiger partial charge in [-0.2, -0.15) is 0 Å². The summed E-state index contributed by atoms with van der Waals surface area (Å²) in [7, 11) is 0. The third-order valence-electron chi connectivity index (χ3n) is 12.4. The third kappa shape index (κ3) is 55.4. The molecule has 0 heterocycles. The Bertz CT molecular complexity index is 1330. The molecule has 0 saturated carbocycles. The summed E-state index contributed by atoms with van der Waals surface area (Å²) in [5.41, 5.74) is 0. The van der Waals surface area contributed by atoms with E-state index in [2.05, 4.69) is 106 Å². The molecule has 0 aromatic heterocycles. The van der Waals surface area contributed by atoms with E-state index in [4.69, 9.17) is 14.2 Å². The average Bonchev–Trinajstić information content (AvgIpc) is 3.35. The highest BCUT2D eigenvalue weighted by molar-refractivity contribution is 5.71. The summed E-state index contributed by atoms with van der Waals surface area (Å²) < 4.78 is 16.8. The van der Waals surface area contributed by atoms with Crippen LogP contribution in [-0.4, -0.2) is 37.2 Å². The molecule has 0 aliphatic rings. The van der Waals surface area contributed by atoms with Gasteiger partial charge in [0.15, 0.2) is 6.10 Å². The molecular formula is C63H108O6. The van der Waals surface area contributed by atoms with Gasteiger partial charge in [0, 0.05) is 19.3 Å². The maximum atomic E-state index is 12.8. The van der Waals surface area contributed by atoms with Crippen LogP contribution in [-0.2, 0) is 28.6 Å². The Morgan fingerprint density at radius 3 is 0.942 bits per heavy atom. The van der Waals surface area contributed by atoms with E-state index >= 15 is 0 Å². The fraction of sp³-hybridized carbons (Fsp3) is 0.730. The number of ether oxygens (including phenoxy) is 3. The summed E-state index contributed by atoms with van der Waals surface area (Å²) in [6.07, 6.45) is 74.3. The second kappa shape index (κ2) is 57.2. The number of hydrogen-bond donors (Lipinski definition) is 0. The smallest absolute Gasteiger partial charge is 0.306 e. The minimum absolute atomic E-state index is 0.0872. The number of esters is 3. The van der Waals surface area contributed by atoms with Gasteiger partial charge in [0.2, 0.25) is 0 Å². The zero-order valence-corrected chi connectivity index (χ0v) is 45.3. The molecule has 6 heteroatoms. The van der Waals surface area contributed by atoms with E-state index in [9.17, 15) is 14.4 Å². The van der Waals surface area contributed by atoms with E-state index in [-0.39, 0.29) is 31.1 Å². The molecule has 1 atom stereocenters. The summed E-state index contributed by atoms with van der Waals surface area (Å²) in [6, 6.07) is 0. The summed E-state index contributed by atoms with van der Waals surface area (Å²) in [6.45, 7) is 6.47. The summed E-state index contributed by atoms with van der Waals surface area (Å²) >= 11 is 0. The Morgan fingerprint density at radius 1 is 0.304 bits per heavy atom. The van der Waals surface area contributed by atoms with Gasteiger partial charge >= 0.3 is 17.9 Å². The van der Waals surface area contributed by atoms with Gasteiger partial charge in [-0.05, 0) is 109 Å². The van der Waals surface area contributed by atoms with Crippen molar-refractivity contribution in [2.24, 2.45) is 0 Å². The van der Waals surface area contributed by atoms with Gasteiger partial charge in [0.1, 0.15) is 13.2 Å². The fourth-order valence-electron chi connectivity index (χ4n) is 7.97. The van der Waals surface area contributed by atoms with Crippen LogP contribution in [0, 0.1) is 0 Å². The number of hydrogen-bond acceptors (Lipinski definition) is 6. The lowest BCUT2D eigenvalue weighted by molar-refractivity contribution is -0.167. The van der Waals surface area contributed by atoms with Crippen molar-refractivity contribution in [3.8, 4) is 0 Å². The van der Waals surface area contributed by atoms with Crippen molar-refractivity contribution in [3.05, 3.63) is 85.1 Å². The maximum absolute atomic E-state index is 12.8. The third-order valence-corrected chi connectivity index (χ3v) is 12.4. The molecule has 0 amide bonds. The first-order valence-corrected chi connectivity index (χ1v) is 29.1. The molecule has 0 radical (unpaired) electrons. The van der Waals surface area contributed by atoms with Gasteiger partial charge in [-0.3, -0.25) is 14.4 Å². The van der Waals surface area contributed by atoms with Crippen LogP contribution in [0.1, 0.15) is 278 Å². The van der Waals surface area contributed by atoms with Crippen molar-refractivity contribution in [3.63, 3.8) is 0 Å². The van der Waals surface area contributed by atoms with Crippen molar-refractivity contribution in [1.82, 2.24) is 0 Å². The van der Waals surface area contributed by atoms with Crippen molar-refractivity contribution in [2.45, 2.75) is 284 Å². The SMILES string of the molecule is CC/C=C\C/C=C\C/C=C\CCCCCCCCCC(=O)OC(COC(=O)CCCCCCC/C=C\CCCC)COC(=O)CCCCCCCCCC/C=C\C/C=C\C/C=C\CCCCCCC. The molecule has 1 unspecified atom stereocenters. The molecule has 0 aliphatic heterocycles. The second-order valence-electron chi connectivity index (χ2n) is 19.2. The van der Waals surface area contributed by atoms with Gasteiger partial charge < -0.3 is 14.2 Å². The molecule has 69 heavy (non-hydrogen) atoms. The monoisotopic (exact) mass is 961 g/mol. The molecule has 0 aliphatic carbocycles. The highest BCUT2D eigenvalue weighted by Gasteiger charge is 2.19. The summed E-state index contributed by atoms with van der Waals surface area (Å²) in [5.74, 6) is -0.909. The number of allylic oxidation sites excluding steroid dienone is 14. The van der Waals surface area contributed by atoms with Crippen LogP contribution < -0.4 is 0 Å². The first-order valence-electron chi connectivity index (χ1n) is 29.1. The van der Waals surface area contributed by atoms with E-state index in [1.165, 1.54) is 128 Å². The first-order chi connectivity index (χ1) is 34.0. The number of carbonyl (C=O) groups is 3. The van der Waals surface area contributed by atoms with E-state index in [0.29, 0.717) is 19.3 Å². The number of carbonyl (C=O) groups excluding carboxylic acids is 3. The molecule has 0 aromatic carbocycles. The zero-order chi connectivity index (χ0) is 50.0. The van der Waals surface area contributed by atoms with E-state index in [0.717, 1.165) is 109 Å². The van der Waals surface area contributed by atoms with Crippen LogP contribution in [0.2, 0.25) is 0 Å².